The van der Waals surface area contributed by atoms with E-state index in [1.165, 1.54) is 4.90 Å². The molecule has 3 aromatic carbocycles. The number of fused-ring (bicyclic) bond motifs is 1. The van der Waals surface area contributed by atoms with E-state index in [9.17, 15) is 9.59 Å². The lowest BCUT2D eigenvalue weighted by Gasteiger charge is -2.23. The van der Waals surface area contributed by atoms with Crippen molar-refractivity contribution in [1.29, 1.82) is 0 Å². The molecule has 2 unspecified atom stereocenters. The maximum absolute atomic E-state index is 13.5. The molecule has 2 heterocycles. The van der Waals surface area contributed by atoms with Crippen LogP contribution >= 0.6 is 43.5 Å². The Balaban J connectivity index is 1.59. The molecule has 160 valence electrons. The van der Waals surface area contributed by atoms with E-state index in [1.54, 1.807) is 17.1 Å². The summed E-state index contributed by atoms with van der Waals surface area (Å²) in [7, 11) is 0. The molecule has 2 amide bonds. The molecule has 5 nitrogen and oxygen atoms in total. The smallest absolute Gasteiger partial charge is 0.255 e. The topological polar surface area (TPSA) is 53.0 Å². The van der Waals surface area contributed by atoms with E-state index < -0.39 is 12.0 Å². The maximum atomic E-state index is 13.5. The molecule has 0 radical (unpaired) electrons. The summed E-state index contributed by atoms with van der Waals surface area (Å²) in [5, 5.41) is 7.03. The van der Waals surface area contributed by atoms with E-state index in [4.69, 9.17) is 16.7 Å². The highest BCUT2D eigenvalue weighted by molar-refractivity contribution is 9.11. The van der Waals surface area contributed by atoms with Crippen LogP contribution in [0, 0.1) is 5.92 Å². The number of benzene rings is 3. The Labute approximate surface area is 206 Å². The number of amides is 2. The van der Waals surface area contributed by atoms with Crippen LogP contribution in [-0.4, -0.2) is 28.5 Å². The Bertz CT molecular complexity index is 1250. The van der Waals surface area contributed by atoms with Gasteiger partial charge in [0.2, 0.25) is 5.91 Å². The Kier molecular flexibility index (Phi) is 5.65. The number of carbonyl (C=O) groups excluding carboxylic acids is 2. The number of likely N-dealkylation sites (tertiary alicyclic amines) is 1. The number of halogens is 3. The largest absolute Gasteiger partial charge is 0.276 e. The highest BCUT2D eigenvalue weighted by atomic mass is 79.9. The summed E-state index contributed by atoms with van der Waals surface area (Å²) in [4.78, 5) is 28.4. The number of carbonyl (C=O) groups is 2. The zero-order chi connectivity index (χ0) is 22.4. The molecule has 1 fully saturated rings. The van der Waals surface area contributed by atoms with Crippen LogP contribution in [0.15, 0.2) is 86.8 Å². The van der Waals surface area contributed by atoms with Crippen LogP contribution in [0.2, 0.25) is 5.02 Å². The molecule has 2 atom stereocenters. The van der Waals surface area contributed by atoms with Crippen molar-refractivity contribution >= 4 is 66.7 Å². The summed E-state index contributed by atoms with van der Waals surface area (Å²) >= 11 is 13.1. The fourth-order valence-corrected chi connectivity index (χ4v) is 5.47. The molecule has 0 saturated carbocycles. The zero-order valence-electron chi connectivity index (χ0n) is 16.6. The van der Waals surface area contributed by atoms with Crippen molar-refractivity contribution in [3.8, 4) is 0 Å². The van der Waals surface area contributed by atoms with Crippen LogP contribution < -0.4 is 5.01 Å². The third-order valence-corrected chi connectivity index (χ3v) is 7.00. The fourth-order valence-electron chi connectivity index (χ4n) is 4.12. The normalized spacial score (nSPS) is 20.0. The van der Waals surface area contributed by atoms with Crippen LogP contribution in [-0.2, 0) is 16.1 Å². The van der Waals surface area contributed by atoms with Gasteiger partial charge < -0.3 is 0 Å². The molecular formula is C24H16Br2ClN3O2. The second kappa shape index (κ2) is 8.46. The van der Waals surface area contributed by atoms with Gasteiger partial charge in [-0.05, 0) is 57.4 Å². The summed E-state index contributed by atoms with van der Waals surface area (Å²) < 4.78 is 1.67. The summed E-state index contributed by atoms with van der Waals surface area (Å²) in [5.74, 6) is -1.19. The summed E-state index contributed by atoms with van der Waals surface area (Å²) in [5.41, 5.74) is 2.95. The van der Waals surface area contributed by atoms with Gasteiger partial charge in [-0.15, -0.1) is 0 Å². The minimum absolute atomic E-state index is 0.231. The number of imide groups is 1. The molecule has 0 spiro atoms. The van der Waals surface area contributed by atoms with Crippen molar-refractivity contribution < 1.29 is 9.59 Å². The standard InChI is InChI=1S/C24H16Br2ClN3O2/c25-16-8-11-19(18(26)12-16)30-22-20(21(28-30)15-6-9-17(27)10-7-15)23(31)29(24(22)32)13-14-4-2-1-3-5-14/h1-12,20,22H,13H2. The average molecular weight is 574 g/mol. The van der Waals surface area contributed by atoms with Gasteiger partial charge in [0.15, 0.2) is 0 Å². The first-order chi connectivity index (χ1) is 15.4. The van der Waals surface area contributed by atoms with Crippen LogP contribution in [0.25, 0.3) is 0 Å². The van der Waals surface area contributed by atoms with Gasteiger partial charge in [-0.25, -0.2) is 0 Å². The molecule has 0 N–H and O–H groups in total. The highest BCUT2D eigenvalue weighted by Gasteiger charge is 2.57. The van der Waals surface area contributed by atoms with E-state index in [1.807, 2.05) is 60.7 Å². The quantitative estimate of drug-likeness (QED) is 0.380. The number of rotatable bonds is 4. The third kappa shape index (κ3) is 3.68. The average Bonchev–Trinajstić information content (AvgIpc) is 3.28. The minimum Gasteiger partial charge on any atom is -0.276 e. The lowest BCUT2D eigenvalue weighted by atomic mass is 9.93. The molecule has 0 aromatic heterocycles. The first-order valence-corrected chi connectivity index (χ1v) is 11.9. The molecule has 5 rings (SSSR count). The van der Waals surface area contributed by atoms with Gasteiger partial charge >= 0.3 is 0 Å². The summed E-state index contributed by atoms with van der Waals surface area (Å²) in [6, 6.07) is 21.6. The Morgan fingerprint density at radius 2 is 1.62 bits per heavy atom. The summed E-state index contributed by atoms with van der Waals surface area (Å²) in [6.07, 6.45) is 0. The van der Waals surface area contributed by atoms with Crippen molar-refractivity contribution in [2.45, 2.75) is 12.6 Å². The third-order valence-electron chi connectivity index (χ3n) is 5.62. The van der Waals surface area contributed by atoms with E-state index >= 15 is 0 Å². The maximum Gasteiger partial charge on any atom is 0.255 e. The predicted octanol–water partition coefficient (Wildman–Crippen LogP) is 5.64. The van der Waals surface area contributed by atoms with Crippen molar-refractivity contribution in [2.75, 3.05) is 5.01 Å². The van der Waals surface area contributed by atoms with E-state index in [0.717, 1.165) is 25.8 Å². The minimum atomic E-state index is -0.741. The van der Waals surface area contributed by atoms with E-state index in [2.05, 4.69) is 31.9 Å². The van der Waals surface area contributed by atoms with Crippen molar-refractivity contribution in [2.24, 2.45) is 11.0 Å². The van der Waals surface area contributed by atoms with Gasteiger partial charge in [0.05, 0.1) is 17.9 Å². The van der Waals surface area contributed by atoms with Crippen molar-refractivity contribution in [1.82, 2.24) is 4.90 Å². The molecule has 2 aliphatic rings. The van der Waals surface area contributed by atoms with Crippen LogP contribution in [0.1, 0.15) is 11.1 Å². The fraction of sp³-hybridized carbons (Fsp3) is 0.125. The molecular weight excluding hydrogens is 558 g/mol. The summed E-state index contributed by atoms with van der Waals surface area (Å²) in [6.45, 7) is 0.231. The van der Waals surface area contributed by atoms with Gasteiger partial charge in [0.25, 0.3) is 5.91 Å². The second-order valence-electron chi connectivity index (χ2n) is 7.60. The number of hydrogen-bond acceptors (Lipinski definition) is 4. The number of nitrogens with zero attached hydrogens (tertiary/aromatic N) is 3. The van der Waals surface area contributed by atoms with Gasteiger partial charge in [0, 0.05) is 14.0 Å². The van der Waals surface area contributed by atoms with E-state index in [-0.39, 0.29) is 18.4 Å². The van der Waals surface area contributed by atoms with E-state index in [0.29, 0.717) is 10.7 Å². The van der Waals surface area contributed by atoms with Gasteiger partial charge in [-0.2, -0.15) is 5.10 Å². The number of hydrazone groups is 1. The molecule has 32 heavy (non-hydrogen) atoms. The first kappa shape index (κ1) is 21.4. The molecule has 0 bridgehead atoms. The molecule has 8 heteroatoms. The lowest BCUT2D eigenvalue weighted by molar-refractivity contribution is -0.139. The Morgan fingerprint density at radius 1 is 0.906 bits per heavy atom. The number of hydrogen-bond donors (Lipinski definition) is 0. The molecule has 2 aliphatic heterocycles. The van der Waals surface area contributed by atoms with Crippen LogP contribution in [0.4, 0.5) is 5.69 Å². The zero-order valence-corrected chi connectivity index (χ0v) is 20.5. The van der Waals surface area contributed by atoms with Gasteiger partial charge in [-0.3, -0.25) is 19.5 Å². The lowest BCUT2D eigenvalue weighted by Crippen LogP contribution is -2.39. The Hall–Kier alpha value is -2.48. The monoisotopic (exact) mass is 571 g/mol. The predicted molar refractivity (Wildman–Crippen MR) is 132 cm³/mol. The number of anilines is 1. The van der Waals surface area contributed by atoms with Crippen molar-refractivity contribution in [3.63, 3.8) is 0 Å². The van der Waals surface area contributed by atoms with Crippen LogP contribution in [0.5, 0.6) is 0 Å². The SMILES string of the molecule is O=C1C2C(c3ccc(Cl)cc3)=NN(c3ccc(Br)cc3Br)C2C(=O)N1Cc1ccccc1. The molecule has 1 saturated heterocycles. The van der Waals surface area contributed by atoms with Crippen LogP contribution in [0.3, 0.4) is 0 Å². The highest BCUT2D eigenvalue weighted by Crippen LogP contribution is 2.41. The Morgan fingerprint density at radius 3 is 2.31 bits per heavy atom. The first-order valence-electron chi connectivity index (χ1n) is 9.92. The van der Waals surface area contributed by atoms with Crippen molar-refractivity contribution in [3.05, 3.63) is 97.9 Å². The second-order valence-corrected chi connectivity index (χ2v) is 9.81. The molecule has 0 aliphatic carbocycles. The van der Waals surface area contributed by atoms with Gasteiger partial charge in [0.1, 0.15) is 12.0 Å². The molecule has 3 aromatic rings. The van der Waals surface area contributed by atoms with Gasteiger partial charge in [-0.1, -0.05) is 70.0 Å².